The fourth-order valence-electron chi connectivity index (χ4n) is 3.32. The van der Waals surface area contributed by atoms with Gasteiger partial charge in [0.05, 0.1) is 4.92 Å². The third kappa shape index (κ3) is 3.18. The number of piperidine rings is 1. The largest absolute Gasteiger partial charge is 0.363 e. The topological polar surface area (TPSA) is 58.4 Å². The minimum atomic E-state index is -0.236. The van der Waals surface area contributed by atoms with Crippen LogP contribution in [0.25, 0.3) is 0 Å². The van der Waals surface area contributed by atoms with Gasteiger partial charge in [0.1, 0.15) is 5.69 Å². The number of rotatable bonds is 5. The first-order chi connectivity index (χ1) is 10.2. The van der Waals surface area contributed by atoms with Gasteiger partial charge in [-0.3, -0.25) is 10.1 Å². The van der Waals surface area contributed by atoms with Crippen molar-refractivity contribution < 1.29 is 4.92 Å². The van der Waals surface area contributed by atoms with Crippen LogP contribution in [0.3, 0.4) is 0 Å². The lowest BCUT2D eigenvalue weighted by Gasteiger charge is -2.32. The molecule has 0 aromatic heterocycles. The molecule has 1 aromatic carbocycles. The molecule has 0 amide bonds. The first kappa shape index (κ1) is 14.3. The normalized spacial score (nSPS) is 19.5. The summed E-state index contributed by atoms with van der Waals surface area (Å²) in [5, 5.41) is 14.8. The molecule has 5 nitrogen and oxygen atoms in total. The summed E-state index contributed by atoms with van der Waals surface area (Å²) in [5.41, 5.74) is 2.13. The number of benzene rings is 1. The van der Waals surface area contributed by atoms with Crippen molar-refractivity contribution in [2.45, 2.75) is 38.6 Å². The average molecular weight is 289 g/mol. The number of nitrogens with one attached hydrogen (secondary N) is 1. The van der Waals surface area contributed by atoms with E-state index in [0.29, 0.717) is 12.0 Å². The molecule has 0 atom stereocenters. The number of nitro groups is 1. The van der Waals surface area contributed by atoms with Gasteiger partial charge in [0.25, 0.3) is 5.69 Å². The van der Waals surface area contributed by atoms with Crippen LogP contribution < -0.4 is 10.2 Å². The van der Waals surface area contributed by atoms with Crippen LogP contribution in [-0.2, 0) is 0 Å². The van der Waals surface area contributed by atoms with Gasteiger partial charge >= 0.3 is 0 Å². The minimum Gasteiger partial charge on any atom is -0.363 e. The third-order valence-electron chi connectivity index (χ3n) is 4.60. The van der Waals surface area contributed by atoms with Gasteiger partial charge in [-0.25, -0.2) is 0 Å². The van der Waals surface area contributed by atoms with E-state index in [1.54, 1.807) is 12.1 Å². The Balaban J connectivity index is 1.88. The first-order valence-electron chi connectivity index (χ1n) is 7.88. The van der Waals surface area contributed by atoms with Gasteiger partial charge in [0.2, 0.25) is 0 Å². The Morgan fingerprint density at radius 3 is 2.62 bits per heavy atom. The maximum Gasteiger partial charge on any atom is 0.292 e. The molecule has 1 saturated carbocycles. The van der Waals surface area contributed by atoms with Crippen LogP contribution in [0.15, 0.2) is 18.2 Å². The summed E-state index contributed by atoms with van der Waals surface area (Å²) in [7, 11) is 0. The lowest BCUT2D eigenvalue weighted by molar-refractivity contribution is -0.384. The van der Waals surface area contributed by atoms with Crippen LogP contribution in [0, 0.1) is 23.0 Å². The van der Waals surface area contributed by atoms with Crippen LogP contribution in [0.5, 0.6) is 0 Å². The van der Waals surface area contributed by atoms with Crippen LogP contribution in [-0.4, -0.2) is 30.6 Å². The van der Waals surface area contributed by atoms with Crippen molar-refractivity contribution in [2.75, 3.05) is 24.5 Å². The number of hydrogen-bond donors (Lipinski definition) is 1. The summed E-state index contributed by atoms with van der Waals surface area (Å²) in [6.07, 6.45) is 4.67. The molecular formula is C16H23N3O2. The van der Waals surface area contributed by atoms with Crippen molar-refractivity contribution in [1.29, 1.82) is 0 Å². The van der Waals surface area contributed by atoms with Crippen molar-refractivity contribution >= 4 is 11.4 Å². The van der Waals surface area contributed by atoms with Crippen LogP contribution in [0.4, 0.5) is 11.4 Å². The highest BCUT2D eigenvalue weighted by molar-refractivity contribution is 5.68. The van der Waals surface area contributed by atoms with Crippen molar-refractivity contribution in [3.8, 4) is 0 Å². The molecule has 2 fully saturated rings. The Morgan fingerprint density at radius 1 is 1.29 bits per heavy atom. The molecular weight excluding hydrogens is 266 g/mol. The second-order valence-corrected chi connectivity index (χ2v) is 6.28. The number of anilines is 1. The van der Waals surface area contributed by atoms with Gasteiger partial charge in [-0.15, -0.1) is 0 Å². The molecule has 1 aromatic rings. The maximum absolute atomic E-state index is 11.4. The number of hydrogen-bond acceptors (Lipinski definition) is 4. The zero-order chi connectivity index (χ0) is 14.8. The Labute approximate surface area is 125 Å². The maximum atomic E-state index is 11.4. The third-order valence-corrected chi connectivity index (χ3v) is 4.60. The number of para-hydroxylation sites is 1. The first-order valence-corrected chi connectivity index (χ1v) is 7.88. The minimum absolute atomic E-state index is 0.236. The number of nitrogens with zero attached hydrogens (tertiary/aromatic N) is 2. The summed E-state index contributed by atoms with van der Waals surface area (Å²) in [5.74, 6) is 0.645. The molecule has 3 rings (SSSR count). The number of nitro benzene ring substituents is 1. The van der Waals surface area contributed by atoms with Gasteiger partial charge in [0.15, 0.2) is 0 Å². The summed E-state index contributed by atoms with van der Waals surface area (Å²) in [6, 6.07) is 5.91. The summed E-state index contributed by atoms with van der Waals surface area (Å²) in [4.78, 5) is 13.5. The predicted molar refractivity (Wildman–Crippen MR) is 83.8 cm³/mol. The Kier molecular flexibility index (Phi) is 4.10. The Hall–Kier alpha value is -1.62. The van der Waals surface area contributed by atoms with Crippen molar-refractivity contribution in [3.63, 3.8) is 0 Å². The molecule has 2 aliphatic rings. The summed E-state index contributed by atoms with van der Waals surface area (Å²) < 4.78 is 0. The van der Waals surface area contributed by atoms with E-state index in [1.165, 1.54) is 12.8 Å². The SMILES string of the molecule is Cc1cccc([N+](=O)[O-])c1N(CC1CCNCC1)C1CC1. The fraction of sp³-hybridized carbons (Fsp3) is 0.625. The highest BCUT2D eigenvalue weighted by Crippen LogP contribution is 2.40. The molecule has 0 bridgehead atoms. The molecule has 0 spiro atoms. The molecule has 1 heterocycles. The summed E-state index contributed by atoms with van der Waals surface area (Å²) >= 11 is 0. The van der Waals surface area contributed by atoms with Gasteiger partial charge in [-0.05, 0) is 57.2 Å². The highest BCUT2D eigenvalue weighted by Gasteiger charge is 2.35. The van der Waals surface area contributed by atoms with E-state index in [1.807, 2.05) is 13.0 Å². The highest BCUT2D eigenvalue weighted by atomic mass is 16.6. The molecule has 1 saturated heterocycles. The summed E-state index contributed by atoms with van der Waals surface area (Å²) in [6.45, 7) is 5.08. The Morgan fingerprint density at radius 2 is 2.00 bits per heavy atom. The lowest BCUT2D eigenvalue weighted by Crippen LogP contribution is -2.37. The van der Waals surface area contributed by atoms with Crippen molar-refractivity contribution in [2.24, 2.45) is 5.92 Å². The lowest BCUT2D eigenvalue weighted by atomic mass is 9.96. The zero-order valence-corrected chi connectivity index (χ0v) is 12.5. The van der Waals surface area contributed by atoms with E-state index < -0.39 is 0 Å². The van der Waals surface area contributed by atoms with Crippen LogP contribution in [0.1, 0.15) is 31.2 Å². The van der Waals surface area contributed by atoms with Gasteiger partial charge < -0.3 is 10.2 Å². The number of aryl methyl sites for hydroxylation is 1. The van der Waals surface area contributed by atoms with Gasteiger partial charge in [0, 0.05) is 18.7 Å². The average Bonchev–Trinajstić information content (AvgIpc) is 3.30. The Bertz CT molecular complexity index is 522. The molecule has 1 aliphatic heterocycles. The van der Waals surface area contributed by atoms with E-state index in [4.69, 9.17) is 0 Å². The molecule has 21 heavy (non-hydrogen) atoms. The standard InChI is InChI=1S/C16H23N3O2/c1-12-3-2-4-15(19(20)21)16(12)18(14-5-6-14)11-13-7-9-17-10-8-13/h2-4,13-14,17H,5-11H2,1H3. The van der Waals surface area contributed by atoms with E-state index in [2.05, 4.69) is 10.2 Å². The van der Waals surface area contributed by atoms with E-state index >= 15 is 0 Å². The fourth-order valence-corrected chi connectivity index (χ4v) is 3.32. The van der Waals surface area contributed by atoms with Crippen LogP contribution in [0.2, 0.25) is 0 Å². The van der Waals surface area contributed by atoms with Crippen molar-refractivity contribution in [3.05, 3.63) is 33.9 Å². The monoisotopic (exact) mass is 289 g/mol. The quantitative estimate of drug-likeness (QED) is 0.669. The van der Waals surface area contributed by atoms with Gasteiger partial charge in [-0.2, -0.15) is 0 Å². The van der Waals surface area contributed by atoms with Gasteiger partial charge in [-0.1, -0.05) is 12.1 Å². The molecule has 0 radical (unpaired) electrons. The molecule has 1 N–H and O–H groups in total. The van der Waals surface area contributed by atoms with E-state index in [0.717, 1.165) is 43.7 Å². The molecule has 5 heteroatoms. The molecule has 0 unspecified atom stereocenters. The smallest absolute Gasteiger partial charge is 0.292 e. The van der Waals surface area contributed by atoms with Crippen molar-refractivity contribution in [1.82, 2.24) is 5.32 Å². The zero-order valence-electron chi connectivity index (χ0n) is 12.5. The molecule has 114 valence electrons. The predicted octanol–water partition coefficient (Wildman–Crippen LogP) is 2.87. The second-order valence-electron chi connectivity index (χ2n) is 6.28. The second kappa shape index (κ2) is 6.02. The van der Waals surface area contributed by atoms with E-state index in [9.17, 15) is 10.1 Å². The van der Waals surface area contributed by atoms with Crippen LogP contribution >= 0.6 is 0 Å². The van der Waals surface area contributed by atoms with E-state index in [-0.39, 0.29) is 10.6 Å². The molecule has 1 aliphatic carbocycles.